The van der Waals surface area contributed by atoms with Crippen LogP contribution >= 0.6 is 11.3 Å². The van der Waals surface area contributed by atoms with Gasteiger partial charge in [0.2, 0.25) is 10.1 Å². The van der Waals surface area contributed by atoms with Crippen LogP contribution in [-0.4, -0.2) is 30.0 Å². The van der Waals surface area contributed by atoms with Crippen molar-refractivity contribution < 1.29 is 17.9 Å². The molecule has 0 aromatic carbocycles. The largest absolute Gasteiger partial charge is 0.445 e. The van der Waals surface area contributed by atoms with Gasteiger partial charge in [-0.2, -0.15) is 13.2 Å². The van der Waals surface area contributed by atoms with Gasteiger partial charge in [-0.15, -0.1) is 10.2 Å². The summed E-state index contributed by atoms with van der Waals surface area (Å²) < 4.78 is 41.5. The highest BCUT2D eigenvalue weighted by Gasteiger charge is 2.35. The van der Waals surface area contributed by atoms with Gasteiger partial charge in [-0.05, 0) is 13.3 Å². The van der Waals surface area contributed by atoms with E-state index in [1.807, 2.05) is 6.92 Å². The van der Waals surface area contributed by atoms with Gasteiger partial charge in [-0.25, -0.2) is 0 Å². The zero-order chi connectivity index (χ0) is 12.2. The summed E-state index contributed by atoms with van der Waals surface area (Å²) in [5.41, 5.74) is 0. The van der Waals surface area contributed by atoms with Gasteiger partial charge >= 0.3 is 6.18 Å². The van der Waals surface area contributed by atoms with Crippen molar-refractivity contribution in [3.63, 3.8) is 0 Å². The maximum Gasteiger partial charge on any atom is 0.445 e. The first-order valence-electron chi connectivity index (χ1n) is 4.59. The number of rotatable bonds is 5. The van der Waals surface area contributed by atoms with Crippen LogP contribution in [-0.2, 0) is 10.9 Å². The van der Waals surface area contributed by atoms with E-state index in [2.05, 4.69) is 15.5 Å². The third-order valence-electron chi connectivity index (χ3n) is 1.79. The molecule has 16 heavy (non-hydrogen) atoms. The van der Waals surface area contributed by atoms with Crippen molar-refractivity contribution in [2.45, 2.75) is 25.6 Å². The molecule has 4 nitrogen and oxygen atoms in total. The Morgan fingerprint density at radius 2 is 2.12 bits per heavy atom. The first kappa shape index (κ1) is 13.2. The summed E-state index contributed by atoms with van der Waals surface area (Å²) in [7, 11) is 1.57. The zero-order valence-electron chi connectivity index (χ0n) is 8.84. The van der Waals surface area contributed by atoms with Gasteiger partial charge < -0.3 is 10.1 Å². The number of hydrogen-bond acceptors (Lipinski definition) is 5. The number of halogens is 3. The molecule has 0 aliphatic rings. The quantitative estimate of drug-likeness (QED) is 0.877. The first-order valence-corrected chi connectivity index (χ1v) is 5.41. The Morgan fingerprint density at radius 1 is 1.44 bits per heavy atom. The van der Waals surface area contributed by atoms with Crippen molar-refractivity contribution in [2.24, 2.45) is 0 Å². The first-order chi connectivity index (χ1) is 7.43. The van der Waals surface area contributed by atoms with Crippen molar-refractivity contribution in [2.75, 3.05) is 19.0 Å². The van der Waals surface area contributed by atoms with Gasteiger partial charge in [0.1, 0.15) is 0 Å². The number of methoxy groups -OCH3 is 1. The summed E-state index contributed by atoms with van der Waals surface area (Å²) in [5.74, 6) is 0. The molecule has 0 bridgehead atoms. The number of alkyl halides is 3. The van der Waals surface area contributed by atoms with Crippen LogP contribution in [0.1, 0.15) is 18.4 Å². The van der Waals surface area contributed by atoms with E-state index in [9.17, 15) is 13.2 Å². The third-order valence-corrected chi connectivity index (χ3v) is 2.69. The molecule has 1 aromatic rings. The van der Waals surface area contributed by atoms with E-state index in [1.165, 1.54) is 0 Å². The molecule has 0 aliphatic carbocycles. The van der Waals surface area contributed by atoms with Gasteiger partial charge in [0, 0.05) is 19.8 Å². The lowest BCUT2D eigenvalue weighted by atomic mass is 10.2. The van der Waals surface area contributed by atoms with Crippen LogP contribution < -0.4 is 5.32 Å². The topological polar surface area (TPSA) is 47.0 Å². The minimum Gasteiger partial charge on any atom is -0.385 e. The lowest BCUT2D eigenvalue weighted by molar-refractivity contribution is -0.138. The number of hydrogen-bond donors (Lipinski definition) is 1. The highest BCUT2D eigenvalue weighted by Crippen LogP contribution is 2.33. The Hall–Kier alpha value is -0.890. The van der Waals surface area contributed by atoms with Crippen molar-refractivity contribution in [3.8, 4) is 0 Å². The minimum absolute atomic E-state index is 0.00557. The van der Waals surface area contributed by atoms with Crippen molar-refractivity contribution in [1.82, 2.24) is 10.2 Å². The third kappa shape index (κ3) is 3.93. The molecule has 0 spiro atoms. The van der Waals surface area contributed by atoms with Crippen LogP contribution in [0.25, 0.3) is 0 Å². The molecule has 0 fully saturated rings. The van der Waals surface area contributed by atoms with Gasteiger partial charge in [0.05, 0.1) is 0 Å². The molecular weight excluding hydrogens is 243 g/mol. The summed E-state index contributed by atoms with van der Waals surface area (Å²) in [6.45, 7) is 2.38. The molecule has 0 saturated heterocycles. The molecular formula is C8H12F3N3OS. The molecule has 1 atom stereocenters. The van der Waals surface area contributed by atoms with Crippen LogP contribution in [0, 0.1) is 0 Å². The Balaban J connectivity index is 2.52. The molecule has 8 heteroatoms. The van der Waals surface area contributed by atoms with E-state index in [0.29, 0.717) is 24.4 Å². The maximum absolute atomic E-state index is 12.2. The van der Waals surface area contributed by atoms with Crippen molar-refractivity contribution in [3.05, 3.63) is 5.01 Å². The Labute approximate surface area is 94.8 Å². The van der Waals surface area contributed by atoms with Crippen LogP contribution in [0.4, 0.5) is 18.3 Å². The fraction of sp³-hybridized carbons (Fsp3) is 0.750. The monoisotopic (exact) mass is 255 g/mol. The Bertz CT molecular complexity index is 329. The number of nitrogens with one attached hydrogen (secondary N) is 1. The Kier molecular flexibility index (Phi) is 4.48. The molecule has 1 heterocycles. The smallest absolute Gasteiger partial charge is 0.385 e. The van der Waals surface area contributed by atoms with Gasteiger partial charge in [0.25, 0.3) is 0 Å². The van der Waals surface area contributed by atoms with E-state index in [0.717, 1.165) is 0 Å². The van der Waals surface area contributed by atoms with Crippen LogP contribution in [0.2, 0.25) is 0 Å². The summed E-state index contributed by atoms with van der Waals surface area (Å²) in [5, 5.41) is 8.57. The second kappa shape index (κ2) is 5.44. The predicted molar refractivity (Wildman–Crippen MR) is 54.5 cm³/mol. The molecule has 0 radical (unpaired) electrons. The fourth-order valence-electron chi connectivity index (χ4n) is 0.974. The van der Waals surface area contributed by atoms with Gasteiger partial charge in [-0.3, -0.25) is 0 Å². The number of aromatic nitrogens is 2. The average Bonchev–Trinajstić information content (AvgIpc) is 2.62. The molecule has 0 saturated carbocycles. The SMILES string of the molecule is COCC[C@@H](C)Nc1nnc(C(F)(F)F)s1. The van der Waals surface area contributed by atoms with E-state index in [-0.39, 0.29) is 11.2 Å². The van der Waals surface area contributed by atoms with Crippen molar-refractivity contribution >= 4 is 16.5 Å². The number of anilines is 1. The van der Waals surface area contributed by atoms with Crippen molar-refractivity contribution in [1.29, 1.82) is 0 Å². The van der Waals surface area contributed by atoms with Gasteiger partial charge in [-0.1, -0.05) is 11.3 Å². The average molecular weight is 255 g/mol. The zero-order valence-corrected chi connectivity index (χ0v) is 9.65. The van der Waals surface area contributed by atoms with Crippen LogP contribution in [0.5, 0.6) is 0 Å². The lowest BCUT2D eigenvalue weighted by Gasteiger charge is -2.10. The van der Waals surface area contributed by atoms with E-state index >= 15 is 0 Å². The van der Waals surface area contributed by atoms with E-state index in [4.69, 9.17) is 4.74 Å². The molecule has 1 N–H and O–H groups in total. The predicted octanol–water partition coefficient (Wildman–Crippen LogP) is 2.39. The standard InChI is InChI=1S/C8H12F3N3OS/c1-5(3-4-15-2)12-7-14-13-6(16-7)8(9,10)11/h5H,3-4H2,1-2H3,(H,12,14)/t5-/m1/s1. The summed E-state index contributed by atoms with van der Waals surface area (Å²) in [6, 6.07) is -0.00557. The second-order valence-electron chi connectivity index (χ2n) is 3.24. The molecule has 92 valence electrons. The lowest BCUT2D eigenvalue weighted by Crippen LogP contribution is -2.16. The maximum atomic E-state index is 12.2. The minimum atomic E-state index is -4.42. The molecule has 0 amide bonds. The van der Waals surface area contributed by atoms with E-state index < -0.39 is 11.2 Å². The number of nitrogens with zero attached hydrogens (tertiary/aromatic N) is 2. The van der Waals surface area contributed by atoms with Crippen LogP contribution in [0.15, 0.2) is 0 Å². The van der Waals surface area contributed by atoms with Gasteiger partial charge in [0.15, 0.2) is 0 Å². The highest BCUT2D eigenvalue weighted by atomic mass is 32.1. The molecule has 0 unspecified atom stereocenters. The summed E-state index contributed by atoms with van der Waals surface area (Å²) >= 11 is 0.502. The molecule has 1 rings (SSSR count). The normalized spacial score (nSPS) is 13.8. The Morgan fingerprint density at radius 3 is 2.62 bits per heavy atom. The fourth-order valence-corrected chi connectivity index (χ4v) is 1.70. The number of ether oxygens (including phenoxy) is 1. The van der Waals surface area contributed by atoms with Crippen LogP contribution in [0.3, 0.4) is 0 Å². The second-order valence-corrected chi connectivity index (χ2v) is 4.21. The summed E-state index contributed by atoms with van der Waals surface area (Å²) in [4.78, 5) is 0. The van der Waals surface area contributed by atoms with E-state index in [1.54, 1.807) is 7.11 Å². The molecule has 0 aliphatic heterocycles. The molecule has 1 aromatic heterocycles. The highest BCUT2D eigenvalue weighted by molar-refractivity contribution is 7.15. The summed E-state index contributed by atoms with van der Waals surface area (Å²) in [6.07, 6.45) is -3.73.